The molecule has 1 saturated carbocycles. The molecule has 1 aliphatic carbocycles. The summed E-state index contributed by atoms with van der Waals surface area (Å²) in [5.74, 6) is -1.23. The molecule has 4 atom stereocenters. The largest absolute Gasteiger partial charge is 0.507 e. The van der Waals surface area contributed by atoms with Crippen molar-refractivity contribution >= 4 is 61.7 Å². The van der Waals surface area contributed by atoms with Crippen molar-refractivity contribution in [2.24, 2.45) is 25.4 Å². The number of hydrogen-bond donors (Lipinski definition) is 1. The molecule has 16 nitrogen and oxygen atoms in total. The third kappa shape index (κ3) is 6.04. The van der Waals surface area contributed by atoms with Crippen molar-refractivity contribution in [3.8, 4) is 27.8 Å². The van der Waals surface area contributed by atoms with Crippen LogP contribution in [-0.4, -0.2) is 64.4 Å². The maximum atomic E-state index is 15.3. The van der Waals surface area contributed by atoms with Crippen molar-refractivity contribution in [3.63, 3.8) is 0 Å². The van der Waals surface area contributed by atoms with Crippen molar-refractivity contribution in [3.05, 3.63) is 124 Å². The summed E-state index contributed by atoms with van der Waals surface area (Å²) in [6.45, 7) is 7.25. The molecule has 2 aliphatic heterocycles. The van der Waals surface area contributed by atoms with E-state index in [1.165, 1.54) is 33.1 Å². The summed E-state index contributed by atoms with van der Waals surface area (Å²) in [5, 5.41) is 17.3. The minimum atomic E-state index is -1.34. The molecule has 3 aromatic carbocycles. The van der Waals surface area contributed by atoms with Crippen LogP contribution in [0.4, 0.5) is 5.82 Å². The summed E-state index contributed by atoms with van der Waals surface area (Å²) in [5.41, 5.74) is 2.40. The van der Waals surface area contributed by atoms with Crippen molar-refractivity contribution in [2.45, 2.75) is 65.6 Å². The lowest BCUT2D eigenvalue weighted by Crippen LogP contribution is -2.49. The number of halogens is 1. The summed E-state index contributed by atoms with van der Waals surface area (Å²) in [6, 6.07) is 13.7. The highest BCUT2D eigenvalue weighted by Gasteiger charge is 2.66. The van der Waals surface area contributed by atoms with Crippen molar-refractivity contribution in [1.29, 1.82) is 0 Å². The molecule has 10 rings (SSSR count). The van der Waals surface area contributed by atoms with Crippen LogP contribution in [0.25, 0.3) is 31.7 Å². The summed E-state index contributed by atoms with van der Waals surface area (Å²) < 4.78 is 18.8. The quantitative estimate of drug-likeness (QED) is 0.139. The van der Waals surface area contributed by atoms with Gasteiger partial charge in [0.2, 0.25) is 11.8 Å². The first kappa shape index (κ1) is 42.2. The zero-order valence-corrected chi connectivity index (χ0v) is 38.5. The van der Waals surface area contributed by atoms with Gasteiger partial charge >= 0.3 is 11.4 Å². The minimum Gasteiger partial charge on any atom is -0.507 e. The Hall–Kier alpha value is -6.72. The van der Waals surface area contributed by atoms with Gasteiger partial charge in [0.1, 0.15) is 23.0 Å². The van der Waals surface area contributed by atoms with E-state index >= 15 is 9.59 Å². The zero-order chi connectivity index (χ0) is 46.1. The second kappa shape index (κ2) is 14.9. The normalized spacial score (nSPS) is 20.4. The van der Waals surface area contributed by atoms with Crippen LogP contribution in [0.5, 0.6) is 17.2 Å². The molecule has 65 heavy (non-hydrogen) atoms. The Kier molecular flexibility index (Phi) is 9.70. The maximum absolute atomic E-state index is 15.3. The Morgan fingerprint density at radius 1 is 0.938 bits per heavy atom. The van der Waals surface area contributed by atoms with E-state index in [4.69, 9.17) is 26.2 Å². The summed E-state index contributed by atoms with van der Waals surface area (Å²) in [4.78, 5) is 79.6. The van der Waals surface area contributed by atoms with Gasteiger partial charge in [0.05, 0.1) is 54.0 Å². The van der Waals surface area contributed by atoms with Gasteiger partial charge in [0.15, 0.2) is 11.5 Å². The Morgan fingerprint density at radius 2 is 1.65 bits per heavy atom. The third-order valence-corrected chi connectivity index (χ3v) is 15.4. The number of amides is 2. The van der Waals surface area contributed by atoms with Crippen LogP contribution in [0.2, 0.25) is 5.02 Å². The molecule has 1 saturated heterocycles. The van der Waals surface area contributed by atoms with Gasteiger partial charge in [0.25, 0.3) is 5.56 Å². The number of fused-ring (bicyclic) bond motifs is 6. The van der Waals surface area contributed by atoms with E-state index in [0.29, 0.717) is 55.8 Å². The Labute approximate surface area is 380 Å². The fourth-order valence-electron chi connectivity index (χ4n) is 10.6. The topological polar surface area (TPSA) is 178 Å². The number of aromatic hydroxyl groups is 1. The van der Waals surface area contributed by atoms with Gasteiger partial charge in [-0.05, 0) is 85.5 Å². The highest BCUT2D eigenvalue weighted by molar-refractivity contribution is 7.22. The minimum absolute atomic E-state index is 0.0223. The summed E-state index contributed by atoms with van der Waals surface area (Å²) in [7, 11) is 6.32. The number of phenols is 1. The SMILES string of the molecule is COc1cc2nc(CCn3c(=O)n4n(c3=O)C3CC5C(=O)N(c6cc(-c7sc8ccc(Cl)cc8c7C)nn6C)C(=O)C5(C)C(c5cc(C)c(O)c(C)c5)C3=CC4)c(=O)n(C)c2cc1OC. The molecule has 4 unspecified atom stereocenters. The van der Waals surface area contributed by atoms with Gasteiger partial charge in [-0.1, -0.05) is 29.8 Å². The lowest BCUT2D eigenvalue weighted by molar-refractivity contribution is -0.129. The first-order valence-corrected chi connectivity index (χ1v) is 22.3. The van der Waals surface area contributed by atoms with E-state index < -0.39 is 52.0 Å². The van der Waals surface area contributed by atoms with Crippen molar-refractivity contribution in [1.82, 2.24) is 33.3 Å². The van der Waals surface area contributed by atoms with E-state index in [1.54, 1.807) is 62.2 Å². The number of imide groups is 1. The number of methoxy groups -OCH3 is 2. The first-order chi connectivity index (χ1) is 31.0. The summed E-state index contributed by atoms with van der Waals surface area (Å²) >= 11 is 7.90. The number of anilines is 1. The van der Waals surface area contributed by atoms with Crippen LogP contribution < -0.4 is 31.3 Å². The van der Waals surface area contributed by atoms with E-state index in [1.807, 2.05) is 50.3 Å². The number of nitrogens with zero attached hydrogens (tertiary/aromatic N) is 8. The second-order valence-electron chi connectivity index (χ2n) is 17.4. The smallest absolute Gasteiger partial charge is 0.347 e. The molecule has 6 heterocycles. The monoisotopic (exact) mass is 916 g/mol. The number of allylic oxidation sites excluding steroid dienone is 2. The fourth-order valence-corrected chi connectivity index (χ4v) is 11.9. The van der Waals surface area contributed by atoms with E-state index in [-0.39, 0.29) is 37.4 Å². The molecule has 334 valence electrons. The fraction of sp³-hybridized carbons (Fsp3) is 0.340. The van der Waals surface area contributed by atoms with Crippen LogP contribution in [0.1, 0.15) is 53.3 Å². The van der Waals surface area contributed by atoms with Crippen molar-refractivity contribution < 1.29 is 24.2 Å². The molecule has 0 radical (unpaired) electrons. The molecular weight excluding hydrogens is 872 g/mol. The molecule has 18 heteroatoms. The number of carbonyl (C=O) groups excluding carboxylic acids is 2. The van der Waals surface area contributed by atoms with Crippen molar-refractivity contribution in [2.75, 3.05) is 19.1 Å². The van der Waals surface area contributed by atoms with Gasteiger partial charge in [0, 0.05) is 60.9 Å². The number of ether oxygens (including phenoxy) is 2. The number of carbonyl (C=O) groups is 2. The predicted octanol–water partition coefficient (Wildman–Crippen LogP) is 6.08. The molecule has 4 aromatic heterocycles. The summed E-state index contributed by atoms with van der Waals surface area (Å²) in [6.07, 6.45) is 1.92. The molecule has 0 bridgehead atoms. The first-order valence-electron chi connectivity index (χ1n) is 21.1. The Morgan fingerprint density at radius 3 is 2.35 bits per heavy atom. The molecule has 7 aromatic rings. The number of benzene rings is 3. The van der Waals surface area contributed by atoms with Crippen LogP contribution in [0.3, 0.4) is 0 Å². The van der Waals surface area contributed by atoms with Crippen LogP contribution in [-0.2, 0) is 43.2 Å². The van der Waals surface area contributed by atoms with E-state index in [2.05, 4.69) is 4.98 Å². The van der Waals surface area contributed by atoms with Crippen LogP contribution in [0, 0.1) is 32.1 Å². The van der Waals surface area contributed by atoms with Gasteiger partial charge in [-0.25, -0.2) is 33.4 Å². The maximum Gasteiger partial charge on any atom is 0.347 e. The van der Waals surface area contributed by atoms with E-state index in [9.17, 15) is 19.5 Å². The zero-order valence-electron chi connectivity index (χ0n) is 36.9. The van der Waals surface area contributed by atoms with Gasteiger partial charge < -0.3 is 19.1 Å². The second-order valence-corrected chi connectivity index (χ2v) is 18.9. The molecule has 2 amide bonds. The molecule has 2 fully saturated rings. The predicted molar refractivity (Wildman–Crippen MR) is 247 cm³/mol. The molecule has 0 spiro atoms. The molecular formula is C47H45ClN8O8S. The highest BCUT2D eigenvalue weighted by atomic mass is 35.5. The highest BCUT2D eigenvalue weighted by Crippen LogP contribution is 2.61. The Balaban J connectivity index is 1.05. The molecule has 1 N–H and O–H groups in total. The van der Waals surface area contributed by atoms with Gasteiger partial charge in [-0.3, -0.25) is 19.1 Å². The van der Waals surface area contributed by atoms with Gasteiger partial charge in [-0.15, -0.1) is 11.3 Å². The molecule has 3 aliphatic rings. The Bertz CT molecular complexity index is 3440. The standard InChI is InChI=1S/C47H45ClN8O8S/c1-22-15-25(16-23(2)40(22)57)39-27-11-14-54-45(61)53(13-12-30-43(59)51(5)34-21-36(64-8)35(63-7)19-31(34)49-30)46(62)56(54)33(27)18-29-42(58)55(44(60)47(29,39)4)38-20-32(50-52(38)6)41-24(3)28-17-26(48)9-10-37(28)65-41/h9-11,15-17,19-21,29,33,39,57H,12-14,18H2,1-8H3. The van der Waals surface area contributed by atoms with Crippen LogP contribution in [0.15, 0.2) is 74.6 Å². The average molecular weight is 917 g/mol. The number of aryl methyl sites for hydroxylation is 6. The number of hydrogen-bond acceptors (Lipinski definition) is 11. The van der Waals surface area contributed by atoms with E-state index in [0.717, 1.165) is 30.7 Å². The number of thiophene rings is 1. The number of rotatable bonds is 8. The third-order valence-electron chi connectivity index (χ3n) is 13.9. The lowest BCUT2D eigenvalue weighted by Gasteiger charge is -2.47. The average Bonchev–Trinajstić information content (AvgIpc) is 3.95. The lowest BCUT2D eigenvalue weighted by atomic mass is 9.56. The number of phenolic OH excluding ortho intramolecular Hbond substituents is 1. The van der Waals surface area contributed by atoms with Gasteiger partial charge in [-0.2, -0.15) is 5.10 Å². The number of aromatic nitrogens is 7. The van der Waals surface area contributed by atoms with Crippen LogP contribution >= 0.6 is 22.9 Å².